The lowest BCUT2D eigenvalue weighted by Crippen LogP contribution is -2.11. The summed E-state index contributed by atoms with van der Waals surface area (Å²) < 4.78 is 11.0. The van der Waals surface area contributed by atoms with Crippen LogP contribution in [0.5, 0.6) is 11.6 Å². The van der Waals surface area contributed by atoms with Gasteiger partial charge in [0.25, 0.3) is 0 Å². The standard InChI is InChI=1S/C21H19NO3S/c23-21(25-20-8-4-5-13-22-20)14-19(26)17-9-11-18(12-10-17)24-15-16-6-2-1-3-7-16/h1-13,19,26H,14-15H2. The molecule has 0 aliphatic heterocycles. The molecule has 3 aromatic rings. The average Bonchev–Trinajstić information content (AvgIpc) is 2.68. The zero-order chi connectivity index (χ0) is 18.2. The minimum atomic E-state index is -0.367. The summed E-state index contributed by atoms with van der Waals surface area (Å²) >= 11 is 4.51. The number of esters is 1. The number of carbonyl (C=O) groups is 1. The minimum absolute atomic E-state index is 0.157. The molecule has 0 saturated heterocycles. The van der Waals surface area contributed by atoms with E-state index in [9.17, 15) is 4.79 Å². The maximum Gasteiger partial charge on any atom is 0.313 e. The molecule has 2 aromatic carbocycles. The third-order valence-corrected chi connectivity index (χ3v) is 4.21. The summed E-state index contributed by atoms with van der Waals surface area (Å²) in [5.74, 6) is 0.699. The molecule has 26 heavy (non-hydrogen) atoms. The lowest BCUT2D eigenvalue weighted by Gasteiger charge is -2.12. The largest absolute Gasteiger partial charge is 0.489 e. The Balaban J connectivity index is 1.51. The van der Waals surface area contributed by atoms with Gasteiger partial charge in [0, 0.05) is 17.5 Å². The normalized spacial score (nSPS) is 11.6. The summed E-state index contributed by atoms with van der Waals surface area (Å²) in [6.45, 7) is 0.515. The number of thiol groups is 1. The molecule has 0 amide bonds. The number of benzene rings is 2. The van der Waals surface area contributed by atoms with E-state index in [1.165, 1.54) is 0 Å². The van der Waals surface area contributed by atoms with Crippen LogP contribution in [0.15, 0.2) is 79.0 Å². The van der Waals surface area contributed by atoms with E-state index in [-0.39, 0.29) is 17.6 Å². The van der Waals surface area contributed by atoms with Gasteiger partial charge in [-0.1, -0.05) is 48.5 Å². The summed E-state index contributed by atoms with van der Waals surface area (Å²) in [6, 6.07) is 22.7. The van der Waals surface area contributed by atoms with Crippen LogP contribution >= 0.6 is 12.6 Å². The van der Waals surface area contributed by atoms with E-state index in [1.54, 1.807) is 24.4 Å². The number of hydrogen-bond donors (Lipinski definition) is 1. The second-order valence-electron chi connectivity index (χ2n) is 5.71. The van der Waals surface area contributed by atoms with Gasteiger partial charge in [-0.3, -0.25) is 4.79 Å². The first-order chi connectivity index (χ1) is 12.7. The van der Waals surface area contributed by atoms with Gasteiger partial charge in [0.2, 0.25) is 5.88 Å². The lowest BCUT2D eigenvalue weighted by molar-refractivity contribution is -0.134. The number of ether oxygens (including phenoxy) is 2. The van der Waals surface area contributed by atoms with Crippen LogP contribution < -0.4 is 9.47 Å². The van der Waals surface area contributed by atoms with Gasteiger partial charge in [-0.25, -0.2) is 4.98 Å². The van der Waals surface area contributed by atoms with E-state index in [0.29, 0.717) is 12.5 Å². The van der Waals surface area contributed by atoms with Crippen LogP contribution in [-0.2, 0) is 11.4 Å². The molecule has 0 bridgehead atoms. The van der Waals surface area contributed by atoms with Gasteiger partial charge in [0.1, 0.15) is 12.4 Å². The first kappa shape index (κ1) is 18.0. The molecule has 0 fully saturated rings. The van der Waals surface area contributed by atoms with Crippen molar-refractivity contribution in [2.45, 2.75) is 18.3 Å². The summed E-state index contributed by atoms with van der Waals surface area (Å²) in [4.78, 5) is 16.0. The van der Waals surface area contributed by atoms with Crippen LogP contribution in [-0.4, -0.2) is 11.0 Å². The summed E-state index contributed by atoms with van der Waals surface area (Å²) in [7, 11) is 0. The number of nitrogens with zero attached hydrogens (tertiary/aromatic N) is 1. The molecule has 4 nitrogen and oxygen atoms in total. The van der Waals surface area contributed by atoms with Crippen LogP contribution in [0.25, 0.3) is 0 Å². The van der Waals surface area contributed by atoms with Crippen molar-refractivity contribution in [2.75, 3.05) is 0 Å². The first-order valence-electron chi connectivity index (χ1n) is 8.27. The second-order valence-corrected chi connectivity index (χ2v) is 6.33. The van der Waals surface area contributed by atoms with Gasteiger partial charge >= 0.3 is 5.97 Å². The molecule has 0 aliphatic rings. The molecule has 132 valence electrons. The molecule has 0 saturated carbocycles. The van der Waals surface area contributed by atoms with E-state index in [0.717, 1.165) is 16.9 Å². The van der Waals surface area contributed by atoms with Crippen LogP contribution in [0.3, 0.4) is 0 Å². The van der Waals surface area contributed by atoms with Gasteiger partial charge in [0.15, 0.2) is 0 Å². The molecule has 1 atom stereocenters. The maximum atomic E-state index is 12.0. The van der Waals surface area contributed by atoms with Crippen molar-refractivity contribution in [1.29, 1.82) is 0 Å². The highest BCUT2D eigenvalue weighted by atomic mass is 32.1. The van der Waals surface area contributed by atoms with Gasteiger partial charge in [-0.05, 0) is 29.3 Å². The van der Waals surface area contributed by atoms with Gasteiger partial charge in [0.05, 0.1) is 6.42 Å². The first-order valence-corrected chi connectivity index (χ1v) is 8.79. The van der Waals surface area contributed by atoms with Crippen molar-refractivity contribution >= 4 is 18.6 Å². The van der Waals surface area contributed by atoms with Gasteiger partial charge in [-0.2, -0.15) is 12.6 Å². The van der Waals surface area contributed by atoms with E-state index in [1.807, 2.05) is 54.6 Å². The number of rotatable bonds is 7. The Hall–Kier alpha value is -2.79. The third kappa shape index (κ3) is 5.36. The smallest absolute Gasteiger partial charge is 0.313 e. The fourth-order valence-electron chi connectivity index (χ4n) is 2.37. The molecule has 0 N–H and O–H groups in total. The van der Waals surface area contributed by atoms with Crippen molar-refractivity contribution in [3.8, 4) is 11.6 Å². The van der Waals surface area contributed by atoms with Crippen LogP contribution in [0.4, 0.5) is 0 Å². The van der Waals surface area contributed by atoms with Crippen molar-refractivity contribution in [1.82, 2.24) is 4.98 Å². The number of aromatic nitrogens is 1. The van der Waals surface area contributed by atoms with Crippen molar-refractivity contribution < 1.29 is 14.3 Å². The summed E-state index contributed by atoms with van der Waals surface area (Å²) in [5.41, 5.74) is 2.04. The molecular formula is C21H19NO3S. The quantitative estimate of drug-likeness (QED) is 0.490. The molecule has 1 aromatic heterocycles. The highest BCUT2D eigenvalue weighted by Crippen LogP contribution is 2.26. The Labute approximate surface area is 158 Å². The van der Waals surface area contributed by atoms with Crippen LogP contribution in [0.1, 0.15) is 22.8 Å². The zero-order valence-corrected chi connectivity index (χ0v) is 15.0. The van der Waals surface area contributed by atoms with Crippen molar-refractivity contribution in [2.24, 2.45) is 0 Å². The fraction of sp³-hybridized carbons (Fsp3) is 0.143. The Morgan fingerprint density at radius 3 is 2.38 bits per heavy atom. The highest BCUT2D eigenvalue weighted by Gasteiger charge is 2.14. The third-order valence-electron chi connectivity index (χ3n) is 3.73. The Kier molecular flexibility index (Phi) is 6.28. The fourth-order valence-corrected chi connectivity index (χ4v) is 2.69. The van der Waals surface area contributed by atoms with E-state index >= 15 is 0 Å². The predicted octanol–water partition coefficient (Wildman–Crippen LogP) is 4.63. The molecule has 5 heteroatoms. The van der Waals surface area contributed by atoms with Crippen LogP contribution in [0.2, 0.25) is 0 Å². The number of carbonyl (C=O) groups excluding carboxylic acids is 1. The molecule has 1 unspecified atom stereocenters. The predicted molar refractivity (Wildman–Crippen MR) is 103 cm³/mol. The zero-order valence-electron chi connectivity index (χ0n) is 14.1. The van der Waals surface area contributed by atoms with Crippen molar-refractivity contribution in [3.63, 3.8) is 0 Å². The Morgan fingerprint density at radius 1 is 0.962 bits per heavy atom. The summed E-state index contributed by atoms with van der Waals surface area (Å²) in [5, 5.41) is -0.255. The Morgan fingerprint density at radius 2 is 1.69 bits per heavy atom. The molecular weight excluding hydrogens is 346 g/mol. The molecule has 3 rings (SSSR count). The second kappa shape index (κ2) is 9.06. The average molecular weight is 365 g/mol. The topological polar surface area (TPSA) is 48.4 Å². The van der Waals surface area contributed by atoms with E-state index in [4.69, 9.17) is 9.47 Å². The summed E-state index contributed by atoms with van der Waals surface area (Å²) in [6.07, 6.45) is 1.73. The maximum absolute atomic E-state index is 12.0. The van der Waals surface area contributed by atoms with Gasteiger partial charge in [-0.15, -0.1) is 0 Å². The van der Waals surface area contributed by atoms with Crippen molar-refractivity contribution in [3.05, 3.63) is 90.1 Å². The lowest BCUT2D eigenvalue weighted by atomic mass is 10.1. The van der Waals surface area contributed by atoms with Gasteiger partial charge < -0.3 is 9.47 Å². The molecule has 0 radical (unpaired) electrons. The minimum Gasteiger partial charge on any atom is -0.489 e. The highest BCUT2D eigenvalue weighted by molar-refractivity contribution is 7.80. The molecule has 0 spiro atoms. The number of pyridine rings is 1. The molecule has 1 heterocycles. The van der Waals surface area contributed by atoms with E-state index in [2.05, 4.69) is 17.6 Å². The number of hydrogen-bond acceptors (Lipinski definition) is 5. The SMILES string of the molecule is O=C(CC(S)c1ccc(OCc2ccccc2)cc1)Oc1ccccn1. The monoisotopic (exact) mass is 365 g/mol. The van der Waals surface area contributed by atoms with Crippen LogP contribution in [0, 0.1) is 0 Å². The Bertz CT molecular complexity index is 823. The molecule has 0 aliphatic carbocycles. The van der Waals surface area contributed by atoms with E-state index < -0.39 is 0 Å².